The van der Waals surface area contributed by atoms with Crippen LogP contribution in [0.2, 0.25) is 0 Å². The minimum Gasteiger partial charge on any atom is -0.465 e. The van der Waals surface area contributed by atoms with Crippen LogP contribution in [-0.4, -0.2) is 42.2 Å². The Kier molecular flexibility index (Phi) is 4.66. The summed E-state index contributed by atoms with van der Waals surface area (Å²) in [5.74, 6) is 1.17. The first-order valence-corrected chi connectivity index (χ1v) is 8.86. The quantitative estimate of drug-likeness (QED) is 0.770. The van der Waals surface area contributed by atoms with Crippen molar-refractivity contribution >= 4 is 11.9 Å². The Hall–Kier alpha value is -3.09. The van der Waals surface area contributed by atoms with Gasteiger partial charge in [-0.05, 0) is 41.7 Å². The molecule has 0 saturated carbocycles. The van der Waals surface area contributed by atoms with E-state index in [0.717, 1.165) is 28.2 Å². The van der Waals surface area contributed by atoms with Gasteiger partial charge >= 0.3 is 5.97 Å². The van der Waals surface area contributed by atoms with E-state index in [0.29, 0.717) is 37.9 Å². The number of ether oxygens (including phenoxy) is 3. The van der Waals surface area contributed by atoms with Gasteiger partial charge in [0.1, 0.15) is 0 Å². The molecule has 0 unspecified atom stereocenters. The van der Waals surface area contributed by atoms with Crippen molar-refractivity contribution in [2.75, 3.05) is 20.4 Å². The summed E-state index contributed by atoms with van der Waals surface area (Å²) in [5, 5.41) is 0. The Labute approximate surface area is 156 Å². The summed E-state index contributed by atoms with van der Waals surface area (Å²) in [5.41, 5.74) is 3.36. The highest BCUT2D eigenvalue weighted by atomic mass is 16.7. The van der Waals surface area contributed by atoms with Gasteiger partial charge in [-0.25, -0.2) is 4.79 Å². The number of methoxy groups -OCH3 is 1. The van der Waals surface area contributed by atoms with E-state index in [4.69, 9.17) is 14.2 Å². The molecular weight excluding hydrogens is 348 g/mol. The SMILES string of the molecule is COC(=O)c1cncc2c1CCN(C(=O)CCc1ccc3c(c1)OCO3)C2. The number of esters is 1. The van der Waals surface area contributed by atoms with Gasteiger partial charge in [-0.2, -0.15) is 0 Å². The fourth-order valence-corrected chi connectivity index (χ4v) is 3.50. The molecule has 4 rings (SSSR count). The molecule has 0 spiro atoms. The lowest BCUT2D eigenvalue weighted by Crippen LogP contribution is -2.36. The summed E-state index contributed by atoms with van der Waals surface area (Å²) in [7, 11) is 1.36. The fourth-order valence-electron chi connectivity index (χ4n) is 3.50. The number of hydrogen-bond acceptors (Lipinski definition) is 6. The monoisotopic (exact) mass is 368 g/mol. The van der Waals surface area contributed by atoms with Crippen molar-refractivity contribution in [3.05, 3.63) is 52.8 Å². The molecule has 1 amide bonds. The van der Waals surface area contributed by atoms with E-state index >= 15 is 0 Å². The second kappa shape index (κ2) is 7.26. The highest BCUT2D eigenvalue weighted by Gasteiger charge is 2.25. The van der Waals surface area contributed by atoms with Crippen molar-refractivity contribution in [3.8, 4) is 11.5 Å². The summed E-state index contributed by atoms with van der Waals surface area (Å²) in [6.07, 6.45) is 4.93. The van der Waals surface area contributed by atoms with Crippen molar-refractivity contribution in [1.82, 2.24) is 9.88 Å². The van der Waals surface area contributed by atoms with Gasteiger partial charge in [0.25, 0.3) is 0 Å². The second-order valence-electron chi connectivity index (χ2n) is 6.57. The number of aromatic nitrogens is 1. The van der Waals surface area contributed by atoms with Gasteiger partial charge in [0, 0.05) is 31.9 Å². The van der Waals surface area contributed by atoms with Crippen molar-refractivity contribution in [2.24, 2.45) is 0 Å². The first kappa shape index (κ1) is 17.3. The number of pyridine rings is 1. The summed E-state index contributed by atoms with van der Waals surface area (Å²) in [4.78, 5) is 30.5. The lowest BCUT2D eigenvalue weighted by Gasteiger charge is -2.29. The van der Waals surface area contributed by atoms with Gasteiger partial charge in [0.15, 0.2) is 11.5 Å². The van der Waals surface area contributed by atoms with E-state index in [2.05, 4.69) is 4.98 Å². The molecule has 7 nitrogen and oxygen atoms in total. The third-order valence-corrected chi connectivity index (χ3v) is 4.96. The minimum atomic E-state index is -0.387. The smallest absolute Gasteiger partial charge is 0.339 e. The van der Waals surface area contributed by atoms with Crippen molar-refractivity contribution in [3.63, 3.8) is 0 Å². The largest absolute Gasteiger partial charge is 0.465 e. The van der Waals surface area contributed by atoms with Gasteiger partial charge in [0.05, 0.1) is 12.7 Å². The molecule has 140 valence electrons. The maximum Gasteiger partial charge on any atom is 0.339 e. The Morgan fingerprint density at radius 1 is 1.22 bits per heavy atom. The van der Waals surface area contributed by atoms with Crippen molar-refractivity contribution < 1.29 is 23.8 Å². The van der Waals surface area contributed by atoms with Crippen LogP contribution in [0.1, 0.15) is 33.5 Å². The molecule has 0 atom stereocenters. The lowest BCUT2D eigenvalue weighted by molar-refractivity contribution is -0.132. The van der Waals surface area contributed by atoms with E-state index in [9.17, 15) is 9.59 Å². The zero-order valence-corrected chi connectivity index (χ0v) is 15.1. The molecule has 0 N–H and O–H groups in total. The summed E-state index contributed by atoms with van der Waals surface area (Å²) < 4.78 is 15.5. The van der Waals surface area contributed by atoms with Gasteiger partial charge in [-0.3, -0.25) is 9.78 Å². The van der Waals surface area contributed by atoms with Gasteiger partial charge in [-0.15, -0.1) is 0 Å². The Bertz CT molecular complexity index is 896. The van der Waals surface area contributed by atoms with Crippen LogP contribution in [-0.2, 0) is 28.9 Å². The maximum absolute atomic E-state index is 12.6. The number of hydrogen-bond donors (Lipinski definition) is 0. The molecule has 2 aromatic rings. The summed E-state index contributed by atoms with van der Waals surface area (Å²) in [6, 6.07) is 5.76. The molecule has 0 saturated heterocycles. The predicted molar refractivity (Wildman–Crippen MR) is 95.6 cm³/mol. The number of fused-ring (bicyclic) bond motifs is 2. The van der Waals surface area contributed by atoms with E-state index in [1.54, 1.807) is 6.20 Å². The summed E-state index contributed by atoms with van der Waals surface area (Å²) in [6.45, 7) is 1.29. The highest BCUT2D eigenvalue weighted by molar-refractivity contribution is 5.91. The van der Waals surface area contributed by atoms with Crippen LogP contribution in [0.25, 0.3) is 0 Å². The van der Waals surface area contributed by atoms with Gasteiger partial charge in [0.2, 0.25) is 12.7 Å². The van der Waals surface area contributed by atoms with Crippen molar-refractivity contribution in [1.29, 1.82) is 0 Å². The predicted octanol–water partition coefficient (Wildman–Crippen LogP) is 2.11. The standard InChI is InChI=1S/C20H20N2O5/c1-25-20(24)16-10-21-9-14-11-22(7-6-15(14)16)19(23)5-3-13-2-4-17-18(8-13)27-12-26-17/h2,4,8-10H,3,5-7,11-12H2,1H3. The van der Waals surface area contributed by atoms with Crippen LogP contribution >= 0.6 is 0 Å². The molecule has 0 bridgehead atoms. The average molecular weight is 368 g/mol. The Balaban J connectivity index is 1.40. The van der Waals surface area contributed by atoms with Crippen LogP contribution in [0, 0.1) is 0 Å². The first-order valence-electron chi connectivity index (χ1n) is 8.86. The van der Waals surface area contributed by atoms with Crippen LogP contribution in [0.5, 0.6) is 11.5 Å². The Morgan fingerprint density at radius 2 is 2.07 bits per heavy atom. The Morgan fingerprint density at radius 3 is 2.93 bits per heavy atom. The second-order valence-corrected chi connectivity index (χ2v) is 6.57. The first-order chi connectivity index (χ1) is 13.2. The molecule has 1 aromatic carbocycles. The van der Waals surface area contributed by atoms with E-state index in [1.807, 2.05) is 23.1 Å². The van der Waals surface area contributed by atoms with Crippen LogP contribution < -0.4 is 9.47 Å². The number of rotatable bonds is 4. The van der Waals surface area contributed by atoms with E-state index in [1.165, 1.54) is 13.3 Å². The van der Waals surface area contributed by atoms with Crippen molar-refractivity contribution in [2.45, 2.75) is 25.8 Å². The number of amides is 1. The van der Waals surface area contributed by atoms with Crippen LogP contribution in [0.3, 0.4) is 0 Å². The molecule has 7 heteroatoms. The number of aryl methyl sites for hydroxylation is 1. The molecule has 3 heterocycles. The molecule has 2 aliphatic rings. The topological polar surface area (TPSA) is 78.0 Å². The molecule has 2 aliphatic heterocycles. The molecule has 0 aliphatic carbocycles. The zero-order valence-electron chi connectivity index (χ0n) is 15.1. The highest BCUT2D eigenvalue weighted by Crippen LogP contribution is 2.33. The maximum atomic E-state index is 12.6. The number of carbonyl (C=O) groups is 2. The number of carbonyl (C=O) groups excluding carboxylic acids is 2. The zero-order chi connectivity index (χ0) is 18.8. The molecule has 0 fully saturated rings. The van der Waals surface area contributed by atoms with Crippen LogP contribution in [0.15, 0.2) is 30.6 Å². The third-order valence-electron chi connectivity index (χ3n) is 4.96. The molecule has 1 aromatic heterocycles. The van der Waals surface area contributed by atoms with Crippen LogP contribution in [0.4, 0.5) is 0 Å². The number of nitrogens with zero attached hydrogens (tertiary/aromatic N) is 2. The van der Waals surface area contributed by atoms with Gasteiger partial charge in [-0.1, -0.05) is 6.07 Å². The third kappa shape index (κ3) is 3.45. The minimum absolute atomic E-state index is 0.0850. The summed E-state index contributed by atoms with van der Waals surface area (Å²) >= 11 is 0. The van der Waals surface area contributed by atoms with E-state index in [-0.39, 0.29) is 18.7 Å². The molecule has 0 radical (unpaired) electrons. The molecular formula is C20H20N2O5. The normalized spacial score (nSPS) is 14.6. The van der Waals surface area contributed by atoms with Gasteiger partial charge < -0.3 is 19.1 Å². The number of benzene rings is 1. The lowest BCUT2D eigenvalue weighted by atomic mass is 9.96. The molecule has 27 heavy (non-hydrogen) atoms. The fraction of sp³-hybridized carbons (Fsp3) is 0.350. The van der Waals surface area contributed by atoms with E-state index < -0.39 is 0 Å². The average Bonchev–Trinajstić information content (AvgIpc) is 3.18.